The molecule has 0 saturated heterocycles. The molecule has 3 heteroatoms. The fourth-order valence-electron chi connectivity index (χ4n) is 1.51. The summed E-state index contributed by atoms with van der Waals surface area (Å²) in [7, 11) is 1.41. The van der Waals surface area contributed by atoms with Gasteiger partial charge in [0.2, 0.25) is 0 Å². The van der Waals surface area contributed by atoms with Crippen LogP contribution >= 0.6 is 0 Å². The first-order chi connectivity index (χ1) is 7.71. The lowest BCUT2D eigenvalue weighted by Crippen LogP contribution is -2.29. The second kappa shape index (κ2) is 6.16. The van der Waals surface area contributed by atoms with Crippen molar-refractivity contribution in [3.63, 3.8) is 0 Å². The van der Waals surface area contributed by atoms with E-state index in [0.717, 1.165) is 12.1 Å². The molecule has 0 aromatic heterocycles. The van der Waals surface area contributed by atoms with Crippen LogP contribution in [0.4, 0.5) is 5.69 Å². The van der Waals surface area contributed by atoms with E-state index in [1.807, 2.05) is 19.1 Å². The Hall–Kier alpha value is -1.51. The van der Waals surface area contributed by atoms with Crippen molar-refractivity contribution in [2.75, 3.05) is 12.4 Å². The van der Waals surface area contributed by atoms with Gasteiger partial charge in [-0.15, -0.1) is 0 Å². The average molecular weight is 221 g/mol. The van der Waals surface area contributed by atoms with Crippen LogP contribution in [0, 0.1) is 0 Å². The smallest absolute Gasteiger partial charge is 0.328 e. The van der Waals surface area contributed by atoms with Crippen LogP contribution in [-0.4, -0.2) is 19.1 Å². The Bertz CT molecular complexity index is 332. The van der Waals surface area contributed by atoms with Gasteiger partial charge < -0.3 is 10.1 Å². The van der Waals surface area contributed by atoms with Crippen molar-refractivity contribution < 1.29 is 9.53 Å². The normalized spacial score (nSPS) is 11.9. The van der Waals surface area contributed by atoms with E-state index in [4.69, 9.17) is 4.74 Å². The Morgan fingerprint density at radius 3 is 2.38 bits per heavy atom. The summed E-state index contributed by atoms with van der Waals surface area (Å²) in [6, 6.07) is 7.84. The minimum Gasteiger partial charge on any atom is -0.467 e. The van der Waals surface area contributed by atoms with Crippen LogP contribution in [0.1, 0.15) is 25.8 Å². The van der Waals surface area contributed by atoms with E-state index in [1.54, 1.807) is 0 Å². The van der Waals surface area contributed by atoms with Gasteiger partial charge in [0, 0.05) is 5.69 Å². The van der Waals surface area contributed by atoms with Crippen molar-refractivity contribution in [2.24, 2.45) is 0 Å². The number of aryl methyl sites for hydroxylation is 1. The number of carbonyl (C=O) groups excluding carboxylic acids is 1. The third-order valence-electron chi connectivity index (χ3n) is 2.60. The van der Waals surface area contributed by atoms with E-state index >= 15 is 0 Å². The van der Waals surface area contributed by atoms with E-state index in [0.29, 0.717) is 6.42 Å². The summed E-state index contributed by atoms with van der Waals surface area (Å²) in [4.78, 5) is 11.4. The van der Waals surface area contributed by atoms with Gasteiger partial charge in [-0.3, -0.25) is 0 Å². The second-order valence-electron chi connectivity index (χ2n) is 3.68. The Labute approximate surface area is 96.8 Å². The second-order valence-corrected chi connectivity index (χ2v) is 3.68. The third-order valence-corrected chi connectivity index (χ3v) is 2.60. The van der Waals surface area contributed by atoms with Crippen LogP contribution in [0.3, 0.4) is 0 Å². The van der Waals surface area contributed by atoms with E-state index < -0.39 is 0 Å². The van der Waals surface area contributed by atoms with Gasteiger partial charge in [-0.1, -0.05) is 26.0 Å². The average Bonchev–Trinajstić information content (AvgIpc) is 2.35. The molecule has 0 aliphatic carbocycles. The number of esters is 1. The maximum Gasteiger partial charge on any atom is 0.328 e. The predicted molar refractivity (Wildman–Crippen MR) is 65.5 cm³/mol. The van der Waals surface area contributed by atoms with Crippen molar-refractivity contribution >= 4 is 11.7 Å². The summed E-state index contributed by atoms with van der Waals surface area (Å²) < 4.78 is 4.72. The first kappa shape index (κ1) is 12.6. The minimum atomic E-state index is -0.266. The highest BCUT2D eigenvalue weighted by Gasteiger charge is 2.15. The lowest BCUT2D eigenvalue weighted by molar-refractivity contribution is -0.141. The number of hydrogen-bond acceptors (Lipinski definition) is 3. The first-order valence-electron chi connectivity index (χ1n) is 5.64. The zero-order valence-corrected chi connectivity index (χ0v) is 10.1. The van der Waals surface area contributed by atoms with Gasteiger partial charge in [-0.05, 0) is 30.5 Å². The SMILES string of the molecule is CCc1ccc(NC(CC)C(=O)OC)cc1. The Morgan fingerprint density at radius 1 is 1.31 bits per heavy atom. The molecular weight excluding hydrogens is 202 g/mol. The van der Waals surface area contributed by atoms with Gasteiger partial charge in [-0.25, -0.2) is 4.79 Å². The Kier molecular flexibility index (Phi) is 4.83. The van der Waals surface area contributed by atoms with E-state index in [1.165, 1.54) is 12.7 Å². The summed E-state index contributed by atoms with van der Waals surface area (Å²) in [5, 5.41) is 3.16. The molecular formula is C13H19NO2. The summed E-state index contributed by atoms with van der Waals surface area (Å²) in [6.07, 6.45) is 1.73. The molecule has 0 amide bonds. The van der Waals surface area contributed by atoms with Crippen LogP contribution in [0.15, 0.2) is 24.3 Å². The van der Waals surface area contributed by atoms with Gasteiger partial charge in [0.05, 0.1) is 7.11 Å². The van der Waals surface area contributed by atoms with Crippen molar-refractivity contribution in [1.29, 1.82) is 0 Å². The monoisotopic (exact) mass is 221 g/mol. The molecule has 1 N–H and O–H groups in total. The maximum atomic E-state index is 11.4. The molecule has 0 radical (unpaired) electrons. The molecule has 0 saturated carbocycles. The van der Waals surface area contributed by atoms with Crippen LogP contribution in [-0.2, 0) is 16.0 Å². The number of ether oxygens (including phenoxy) is 1. The van der Waals surface area contributed by atoms with E-state index in [2.05, 4.69) is 24.4 Å². The molecule has 0 aliphatic rings. The van der Waals surface area contributed by atoms with Crippen molar-refractivity contribution in [3.8, 4) is 0 Å². The molecule has 0 heterocycles. The number of rotatable bonds is 5. The highest BCUT2D eigenvalue weighted by Crippen LogP contribution is 2.12. The highest BCUT2D eigenvalue weighted by molar-refractivity contribution is 5.79. The first-order valence-corrected chi connectivity index (χ1v) is 5.64. The number of methoxy groups -OCH3 is 1. The molecule has 1 aromatic rings. The summed E-state index contributed by atoms with van der Waals surface area (Å²) in [5.41, 5.74) is 2.24. The third kappa shape index (κ3) is 3.26. The van der Waals surface area contributed by atoms with Gasteiger partial charge in [-0.2, -0.15) is 0 Å². The molecule has 3 nitrogen and oxygen atoms in total. The fourth-order valence-corrected chi connectivity index (χ4v) is 1.51. The number of hydrogen-bond donors (Lipinski definition) is 1. The van der Waals surface area contributed by atoms with Gasteiger partial charge in [0.15, 0.2) is 0 Å². The van der Waals surface area contributed by atoms with Gasteiger partial charge in [0.25, 0.3) is 0 Å². The maximum absolute atomic E-state index is 11.4. The fraction of sp³-hybridized carbons (Fsp3) is 0.462. The Balaban J connectivity index is 2.66. The van der Waals surface area contributed by atoms with Crippen LogP contribution in [0.25, 0.3) is 0 Å². The van der Waals surface area contributed by atoms with E-state index in [9.17, 15) is 4.79 Å². The molecule has 1 atom stereocenters. The summed E-state index contributed by atoms with van der Waals surface area (Å²) >= 11 is 0. The largest absolute Gasteiger partial charge is 0.467 e. The molecule has 1 rings (SSSR count). The molecule has 16 heavy (non-hydrogen) atoms. The topological polar surface area (TPSA) is 38.3 Å². The molecule has 0 bridgehead atoms. The minimum absolute atomic E-state index is 0.220. The predicted octanol–water partition coefficient (Wildman–Crippen LogP) is 2.61. The highest BCUT2D eigenvalue weighted by atomic mass is 16.5. The Morgan fingerprint density at radius 2 is 1.94 bits per heavy atom. The number of carbonyl (C=O) groups is 1. The molecule has 0 spiro atoms. The zero-order chi connectivity index (χ0) is 12.0. The molecule has 0 aliphatic heterocycles. The van der Waals surface area contributed by atoms with Crippen LogP contribution in [0.5, 0.6) is 0 Å². The lowest BCUT2D eigenvalue weighted by Gasteiger charge is -2.15. The molecule has 88 valence electrons. The number of benzene rings is 1. The van der Waals surface area contributed by atoms with Crippen molar-refractivity contribution in [2.45, 2.75) is 32.7 Å². The summed E-state index contributed by atoms with van der Waals surface area (Å²) in [5.74, 6) is -0.220. The lowest BCUT2D eigenvalue weighted by atomic mass is 10.1. The van der Waals surface area contributed by atoms with Crippen LogP contribution < -0.4 is 5.32 Å². The standard InChI is InChI=1S/C13H19NO2/c1-4-10-6-8-11(9-7-10)14-12(5-2)13(15)16-3/h6-9,12,14H,4-5H2,1-3H3. The van der Waals surface area contributed by atoms with Gasteiger partial charge >= 0.3 is 5.97 Å². The number of nitrogens with one attached hydrogen (secondary N) is 1. The molecule has 1 aromatic carbocycles. The quantitative estimate of drug-likeness (QED) is 0.777. The zero-order valence-electron chi connectivity index (χ0n) is 10.1. The van der Waals surface area contributed by atoms with E-state index in [-0.39, 0.29) is 12.0 Å². The summed E-state index contributed by atoms with van der Waals surface area (Å²) in [6.45, 7) is 4.07. The van der Waals surface area contributed by atoms with Crippen LogP contribution in [0.2, 0.25) is 0 Å². The van der Waals surface area contributed by atoms with Crippen molar-refractivity contribution in [1.82, 2.24) is 0 Å². The molecule has 0 fully saturated rings. The van der Waals surface area contributed by atoms with Gasteiger partial charge in [0.1, 0.15) is 6.04 Å². The number of anilines is 1. The molecule has 1 unspecified atom stereocenters. The van der Waals surface area contributed by atoms with Crippen molar-refractivity contribution in [3.05, 3.63) is 29.8 Å².